The van der Waals surface area contributed by atoms with Crippen LogP contribution in [0.25, 0.3) is 0 Å². The Balaban J connectivity index is 1.97. The van der Waals surface area contributed by atoms with Crippen LogP contribution in [0.2, 0.25) is 0 Å². The molecule has 0 bridgehead atoms. The minimum Gasteiger partial charge on any atom is -0.487 e. The number of para-hydroxylation sites is 1. The second-order valence-electron chi connectivity index (χ2n) is 5.11. The lowest BCUT2D eigenvalue weighted by atomic mass is 9.94. The summed E-state index contributed by atoms with van der Waals surface area (Å²) in [7, 11) is 0. The second-order valence-corrected chi connectivity index (χ2v) is 5.72. The molecule has 1 aromatic carbocycles. The van der Waals surface area contributed by atoms with E-state index in [-0.39, 0.29) is 11.0 Å². The van der Waals surface area contributed by atoms with Gasteiger partial charge in [0.1, 0.15) is 11.4 Å². The van der Waals surface area contributed by atoms with Crippen LogP contribution in [-0.4, -0.2) is 11.0 Å². The molecule has 2 aliphatic rings. The summed E-state index contributed by atoms with van der Waals surface area (Å²) in [6, 6.07) is 8.34. The highest BCUT2D eigenvalue weighted by Crippen LogP contribution is 2.42. The summed E-state index contributed by atoms with van der Waals surface area (Å²) < 4.78 is 6.29. The SMILES string of the molecule is ClC1Cc2ccccc2OC2(CCCC2)C1. The molecule has 1 aliphatic carbocycles. The fourth-order valence-corrected chi connectivity index (χ4v) is 3.53. The van der Waals surface area contributed by atoms with Crippen LogP contribution in [0.1, 0.15) is 37.7 Å². The van der Waals surface area contributed by atoms with Crippen molar-refractivity contribution in [3.8, 4) is 5.75 Å². The molecule has 16 heavy (non-hydrogen) atoms. The van der Waals surface area contributed by atoms with Crippen LogP contribution in [0.4, 0.5) is 0 Å². The molecule has 1 spiro atoms. The number of rotatable bonds is 0. The number of benzene rings is 1. The molecule has 1 fully saturated rings. The number of ether oxygens (including phenoxy) is 1. The summed E-state index contributed by atoms with van der Waals surface area (Å²) in [5.74, 6) is 1.06. The Morgan fingerprint density at radius 2 is 1.94 bits per heavy atom. The first-order chi connectivity index (χ1) is 7.77. The van der Waals surface area contributed by atoms with Crippen molar-refractivity contribution >= 4 is 11.6 Å². The van der Waals surface area contributed by atoms with E-state index in [1.807, 2.05) is 0 Å². The molecule has 86 valence electrons. The van der Waals surface area contributed by atoms with Crippen molar-refractivity contribution in [1.82, 2.24) is 0 Å². The Hall–Kier alpha value is -0.690. The summed E-state index contributed by atoms with van der Waals surface area (Å²) in [5.41, 5.74) is 1.31. The third-order valence-electron chi connectivity index (χ3n) is 3.85. The lowest BCUT2D eigenvalue weighted by Crippen LogP contribution is -2.34. The van der Waals surface area contributed by atoms with Crippen LogP contribution in [-0.2, 0) is 6.42 Å². The lowest BCUT2D eigenvalue weighted by Gasteiger charge is -2.29. The average Bonchev–Trinajstić information content (AvgIpc) is 2.62. The number of hydrogen-bond donors (Lipinski definition) is 0. The highest BCUT2D eigenvalue weighted by molar-refractivity contribution is 6.20. The highest BCUT2D eigenvalue weighted by Gasteiger charge is 2.40. The van der Waals surface area contributed by atoms with Crippen molar-refractivity contribution in [3.05, 3.63) is 29.8 Å². The molecule has 1 unspecified atom stereocenters. The van der Waals surface area contributed by atoms with Crippen molar-refractivity contribution in [1.29, 1.82) is 0 Å². The molecule has 0 aromatic heterocycles. The fraction of sp³-hybridized carbons (Fsp3) is 0.571. The van der Waals surface area contributed by atoms with E-state index in [0.717, 1.165) is 18.6 Å². The summed E-state index contributed by atoms with van der Waals surface area (Å²) in [5, 5.41) is 0.224. The molecule has 1 saturated carbocycles. The molecule has 2 heteroatoms. The lowest BCUT2D eigenvalue weighted by molar-refractivity contribution is 0.0712. The van der Waals surface area contributed by atoms with Crippen molar-refractivity contribution < 1.29 is 4.74 Å². The largest absolute Gasteiger partial charge is 0.487 e. The van der Waals surface area contributed by atoms with Gasteiger partial charge in [0.15, 0.2) is 0 Å². The summed E-state index contributed by atoms with van der Waals surface area (Å²) in [4.78, 5) is 0. The van der Waals surface area contributed by atoms with Gasteiger partial charge in [-0.05, 0) is 43.7 Å². The van der Waals surface area contributed by atoms with E-state index in [2.05, 4.69) is 24.3 Å². The van der Waals surface area contributed by atoms with E-state index < -0.39 is 0 Å². The molecule has 1 atom stereocenters. The molecule has 1 heterocycles. The zero-order valence-electron chi connectivity index (χ0n) is 9.42. The normalized spacial score (nSPS) is 27.2. The molecule has 1 nitrogen and oxygen atoms in total. The van der Waals surface area contributed by atoms with Crippen LogP contribution in [0.15, 0.2) is 24.3 Å². The topological polar surface area (TPSA) is 9.23 Å². The van der Waals surface area contributed by atoms with Gasteiger partial charge in [0.25, 0.3) is 0 Å². The van der Waals surface area contributed by atoms with E-state index >= 15 is 0 Å². The van der Waals surface area contributed by atoms with Crippen LogP contribution in [0, 0.1) is 0 Å². The molecule has 0 radical (unpaired) electrons. The van der Waals surface area contributed by atoms with Crippen molar-refractivity contribution in [2.45, 2.75) is 49.5 Å². The first kappa shape index (κ1) is 10.5. The average molecular weight is 237 g/mol. The monoisotopic (exact) mass is 236 g/mol. The number of fused-ring (bicyclic) bond motifs is 1. The summed E-state index contributed by atoms with van der Waals surface area (Å²) in [6.45, 7) is 0. The maximum atomic E-state index is 6.44. The van der Waals surface area contributed by atoms with Gasteiger partial charge in [-0.1, -0.05) is 18.2 Å². The number of halogens is 1. The van der Waals surface area contributed by atoms with Gasteiger partial charge in [-0.2, -0.15) is 0 Å². The predicted octanol–water partition coefficient (Wildman–Crippen LogP) is 3.93. The molecular formula is C14H17ClO. The number of alkyl halides is 1. The molecule has 1 aliphatic heterocycles. The first-order valence-electron chi connectivity index (χ1n) is 6.18. The zero-order chi connectivity index (χ0) is 11.0. The third-order valence-corrected chi connectivity index (χ3v) is 4.16. The van der Waals surface area contributed by atoms with E-state index in [0.29, 0.717) is 0 Å². The molecule has 0 N–H and O–H groups in total. The van der Waals surface area contributed by atoms with Gasteiger partial charge in [0.05, 0.1) is 0 Å². The van der Waals surface area contributed by atoms with Gasteiger partial charge in [-0.15, -0.1) is 11.6 Å². The molecule has 0 saturated heterocycles. The first-order valence-corrected chi connectivity index (χ1v) is 6.62. The molecular weight excluding hydrogens is 220 g/mol. The van der Waals surface area contributed by atoms with Gasteiger partial charge in [-0.3, -0.25) is 0 Å². The molecule has 3 rings (SSSR count). The smallest absolute Gasteiger partial charge is 0.123 e. The Bertz CT molecular complexity index is 382. The van der Waals surface area contributed by atoms with E-state index in [4.69, 9.17) is 16.3 Å². The van der Waals surface area contributed by atoms with E-state index in [1.54, 1.807) is 0 Å². The summed E-state index contributed by atoms with van der Waals surface area (Å²) >= 11 is 6.44. The van der Waals surface area contributed by atoms with Crippen LogP contribution in [0.3, 0.4) is 0 Å². The Morgan fingerprint density at radius 3 is 2.75 bits per heavy atom. The summed E-state index contributed by atoms with van der Waals surface area (Å²) in [6.07, 6.45) is 6.86. The Morgan fingerprint density at radius 1 is 1.19 bits per heavy atom. The quantitative estimate of drug-likeness (QED) is 0.621. The zero-order valence-corrected chi connectivity index (χ0v) is 10.2. The third kappa shape index (κ3) is 1.82. The van der Waals surface area contributed by atoms with Gasteiger partial charge in [0.2, 0.25) is 0 Å². The van der Waals surface area contributed by atoms with Gasteiger partial charge < -0.3 is 4.74 Å². The van der Waals surface area contributed by atoms with Gasteiger partial charge in [0, 0.05) is 11.8 Å². The van der Waals surface area contributed by atoms with Crippen molar-refractivity contribution in [2.24, 2.45) is 0 Å². The molecule has 1 aromatic rings. The molecule has 0 amide bonds. The maximum Gasteiger partial charge on any atom is 0.123 e. The van der Waals surface area contributed by atoms with Gasteiger partial charge >= 0.3 is 0 Å². The van der Waals surface area contributed by atoms with Crippen LogP contribution in [0.5, 0.6) is 5.75 Å². The minimum absolute atomic E-state index is 0.0407. The Kier molecular flexibility index (Phi) is 2.59. The number of hydrogen-bond acceptors (Lipinski definition) is 1. The maximum absolute atomic E-state index is 6.44. The van der Waals surface area contributed by atoms with E-state index in [1.165, 1.54) is 31.2 Å². The van der Waals surface area contributed by atoms with Crippen molar-refractivity contribution in [2.75, 3.05) is 0 Å². The van der Waals surface area contributed by atoms with Gasteiger partial charge in [-0.25, -0.2) is 0 Å². The van der Waals surface area contributed by atoms with Crippen molar-refractivity contribution in [3.63, 3.8) is 0 Å². The highest BCUT2D eigenvalue weighted by atomic mass is 35.5. The fourth-order valence-electron chi connectivity index (χ4n) is 3.09. The standard InChI is InChI=1S/C14H17ClO/c15-12-9-11-5-1-2-6-13(11)16-14(10-12)7-3-4-8-14/h1-2,5-6,12H,3-4,7-10H2. The van der Waals surface area contributed by atoms with Crippen LogP contribution >= 0.6 is 11.6 Å². The Labute approximate surface area is 102 Å². The predicted molar refractivity (Wildman–Crippen MR) is 66.2 cm³/mol. The van der Waals surface area contributed by atoms with E-state index in [9.17, 15) is 0 Å². The second kappa shape index (κ2) is 3.96. The van der Waals surface area contributed by atoms with Crippen LogP contribution < -0.4 is 4.74 Å². The minimum atomic E-state index is 0.0407.